The molecule has 1 aromatic rings. The zero-order valence-electron chi connectivity index (χ0n) is 14.9. The molecule has 3 N–H and O–H groups in total. The maximum absolute atomic E-state index is 12.5. The summed E-state index contributed by atoms with van der Waals surface area (Å²) in [6.07, 6.45) is 0.747. The summed E-state index contributed by atoms with van der Waals surface area (Å²) in [4.78, 5) is 16.2. The Labute approximate surface area is 159 Å². The van der Waals surface area contributed by atoms with Crippen molar-refractivity contribution in [1.29, 1.82) is 0 Å². The number of aliphatic hydroxyl groups is 3. The van der Waals surface area contributed by atoms with Crippen molar-refractivity contribution in [3.8, 4) is 0 Å². The highest BCUT2D eigenvalue weighted by atomic mass is 35.5. The Bertz CT molecular complexity index is 618. The quantitative estimate of drug-likeness (QED) is 0.712. The summed E-state index contributed by atoms with van der Waals surface area (Å²) in [6.45, 7) is 2.38. The Hall–Kier alpha value is -1.18. The fourth-order valence-corrected chi connectivity index (χ4v) is 3.86. The zero-order chi connectivity index (χ0) is 18.7. The van der Waals surface area contributed by atoms with Crippen LogP contribution >= 0.6 is 11.6 Å². The third-order valence-electron chi connectivity index (χ3n) is 5.50. The van der Waals surface area contributed by atoms with Crippen LogP contribution in [0.5, 0.6) is 0 Å². The van der Waals surface area contributed by atoms with Gasteiger partial charge in [0.2, 0.25) is 5.91 Å². The fourth-order valence-electron chi connectivity index (χ4n) is 3.73. The van der Waals surface area contributed by atoms with Crippen LogP contribution in [0.1, 0.15) is 24.8 Å². The normalized spacial score (nSPS) is 28.3. The number of carbonyl (C=O) groups excluding carboxylic acids is 1. The molecule has 2 fully saturated rings. The van der Waals surface area contributed by atoms with Gasteiger partial charge in [-0.1, -0.05) is 23.7 Å². The molecule has 1 aromatic carbocycles. The van der Waals surface area contributed by atoms with E-state index in [2.05, 4.69) is 4.90 Å². The summed E-state index contributed by atoms with van der Waals surface area (Å²) in [5.74, 6) is -0.0606. The molecule has 2 saturated heterocycles. The molecule has 144 valence electrons. The van der Waals surface area contributed by atoms with Gasteiger partial charge < -0.3 is 25.1 Å². The SMILES string of the molecule is O=C(Cc1ccc(Cl)cc1)N1CC[C@](O)(CN2CCC(O)CC2)[C@@H](O)C1. The molecule has 2 heterocycles. The summed E-state index contributed by atoms with van der Waals surface area (Å²) < 4.78 is 0. The summed E-state index contributed by atoms with van der Waals surface area (Å²) in [7, 11) is 0. The van der Waals surface area contributed by atoms with Crippen LogP contribution in [0.15, 0.2) is 24.3 Å². The molecule has 1 amide bonds. The van der Waals surface area contributed by atoms with Crippen LogP contribution < -0.4 is 0 Å². The standard InChI is InChI=1S/C19H27ClN2O4/c20-15-3-1-14(2-4-15)11-18(25)22-10-7-19(26,17(24)12-22)13-21-8-5-16(23)6-9-21/h1-4,16-17,23-24,26H,5-13H2/t17-,19-/m0/s1. The average molecular weight is 383 g/mol. The molecular weight excluding hydrogens is 356 g/mol. The molecule has 0 spiro atoms. The first-order valence-corrected chi connectivity index (χ1v) is 9.56. The first kappa shape index (κ1) is 19.6. The average Bonchev–Trinajstić information content (AvgIpc) is 2.61. The molecule has 7 heteroatoms. The van der Waals surface area contributed by atoms with Gasteiger partial charge >= 0.3 is 0 Å². The van der Waals surface area contributed by atoms with Crippen LogP contribution in [-0.4, -0.2) is 81.6 Å². The number of hydrogen-bond acceptors (Lipinski definition) is 5. The molecule has 0 radical (unpaired) electrons. The van der Waals surface area contributed by atoms with E-state index in [0.29, 0.717) is 37.4 Å². The predicted octanol–water partition coefficient (Wildman–Crippen LogP) is 0.663. The van der Waals surface area contributed by atoms with E-state index in [1.165, 1.54) is 0 Å². The predicted molar refractivity (Wildman–Crippen MR) is 99.0 cm³/mol. The number of amides is 1. The number of rotatable bonds is 4. The lowest BCUT2D eigenvalue weighted by Gasteiger charge is -2.45. The minimum Gasteiger partial charge on any atom is -0.393 e. The van der Waals surface area contributed by atoms with Gasteiger partial charge in [-0.05, 0) is 37.0 Å². The van der Waals surface area contributed by atoms with Crippen LogP contribution in [-0.2, 0) is 11.2 Å². The zero-order valence-corrected chi connectivity index (χ0v) is 15.6. The van der Waals surface area contributed by atoms with Crippen molar-refractivity contribution in [2.75, 3.05) is 32.7 Å². The topological polar surface area (TPSA) is 84.2 Å². The summed E-state index contributed by atoms with van der Waals surface area (Å²) in [5, 5.41) is 31.6. The van der Waals surface area contributed by atoms with Gasteiger partial charge in [-0.15, -0.1) is 0 Å². The van der Waals surface area contributed by atoms with E-state index in [0.717, 1.165) is 18.7 Å². The van der Waals surface area contributed by atoms with Gasteiger partial charge in [0, 0.05) is 37.7 Å². The van der Waals surface area contributed by atoms with E-state index in [9.17, 15) is 20.1 Å². The van der Waals surface area contributed by atoms with Gasteiger partial charge in [-0.3, -0.25) is 4.79 Å². The Morgan fingerprint density at radius 3 is 2.42 bits per heavy atom. The smallest absolute Gasteiger partial charge is 0.227 e. The second kappa shape index (κ2) is 8.23. The van der Waals surface area contributed by atoms with Crippen LogP contribution in [0.2, 0.25) is 5.02 Å². The molecule has 6 nitrogen and oxygen atoms in total. The Balaban J connectivity index is 1.53. The van der Waals surface area contributed by atoms with Crippen molar-refractivity contribution in [3.05, 3.63) is 34.9 Å². The van der Waals surface area contributed by atoms with Crippen LogP contribution in [0.25, 0.3) is 0 Å². The second-order valence-corrected chi connectivity index (χ2v) is 7.96. The lowest BCUT2D eigenvalue weighted by Crippen LogP contribution is -2.61. The molecule has 0 aromatic heterocycles. The Morgan fingerprint density at radius 1 is 1.15 bits per heavy atom. The second-order valence-electron chi connectivity index (χ2n) is 7.52. The van der Waals surface area contributed by atoms with Crippen molar-refractivity contribution < 1.29 is 20.1 Å². The number of benzene rings is 1. The van der Waals surface area contributed by atoms with Gasteiger partial charge in [0.25, 0.3) is 0 Å². The minimum absolute atomic E-state index is 0.0606. The molecule has 0 saturated carbocycles. The van der Waals surface area contributed by atoms with Crippen LogP contribution in [0, 0.1) is 0 Å². The first-order valence-electron chi connectivity index (χ1n) is 9.19. The number of halogens is 1. The number of hydrogen-bond donors (Lipinski definition) is 3. The number of piperidine rings is 2. The molecule has 2 aliphatic heterocycles. The van der Waals surface area contributed by atoms with Crippen LogP contribution in [0.3, 0.4) is 0 Å². The highest BCUT2D eigenvalue weighted by Gasteiger charge is 2.43. The van der Waals surface area contributed by atoms with Gasteiger partial charge in [0.05, 0.1) is 12.5 Å². The Morgan fingerprint density at radius 2 is 1.81 bits per heavy atom. The minimum atomic E-state index is -1.21. The van der Waals surface area contributed by atoms with E-state index in [1.807, 2.05) is 12.1 Å². The summed E-state index contributed by atoms with van der Waals surface area (Å²) >= 11 is 5.86. The molecule has 2 aliphatic rings. The van der Waals surface area contributed by atoms with Crippen molar-refractivity contribution in [3.63, 3.8) is 0 Å². The molecule has 0 unspecified atom stereocenters. The molecule has 3 rings (SSSR count). The number of carbonyl (C=O) groups is 1. The van der Waals surface area contributed by atoms with E-state index in [-0.39, 0.29) is 25.0 Å². The van der Waals surface area contributed by atoms with Gasteiger partial charge in [0.1, 0.15) is 11.7 Å². The summed E-state index contributed by atoms with van der Waals surface area (Å²) in [6, 6.07) is 7.15. The van der Waals surface area contributed by atoms with Crippen molar-refractivity contribution >= 4 is 17.5 Å². The van der Waals surface area contributed by atoms with E-state index < -0.39 is 11.7 Å². The van der Waals surface area contributed by atoms with Gasteiger partial charge in [-0.25, -0.2) is 0 Å². The van der Waals surface area contributed by atoms with E-state index in [1.54, 1.807) is 17.0 Å². The maximum atomic E-state index is 12.5. The van der Waals surface area contributed by atoms with E-state index >= 15 is 0 Å². The van der Waals surface area contributed by atoms with Crippen LogP contribution in [0.4, 0.5) is 0 Å². The van der Waals surface area contributed by atoms with E-state index in [4.69, 9.17) is 11.6 Å². The lowest BCUT2D eigenvalue weighted by atomic mass is 9.87. The van der Waals surface area contributed by atoms with Crippen molar-refractivity contribution in [1.82, 2.24) is 9.80 Å². The van der Waals surface area contributed by atoms with Crippen molar-refractivity contribution in [2.24, 2.45) is 0 Å². The monoisotopic (exact) mass is 382 g/mol. The fraction of sp³-hybridized carbons (Fsp3) is 0.632. The maximum Gasteiger partial charge on any atom is 0.227 e. The molecular formula is C19H27ClN2O4. The Kier molecular flexibility index (Phi) is 6.20. The number of aliphatic hydroxyl groups excluding tert-OH is 2. The highest BCUT2D eigenvalue weighted by molar-refractivity contribution is 6.30. The van der Waals surface area contributed by atoms with Gasteiger partial charge in [0.15, 0.2) is 0 Å². The molecule has 0 bridgehead atoms. The largest absolute Gasteiger partial charge is 0.393 e. The first-order chi connectivity index (χ1) is 12.4. The van der Waals surface area contributed by atoms with Gasteiger partial charge in [-0.2, -0.15) is 0 Å². The number of β-amino-alcohol motifs (C(OH)–C–C–N with tert-alkyl or cyclic N) is 2. The molecule has 26 heavy (non-hydrogen) atoms. The highest BCUT2D eigenvalue weighted by Crippen LogP contribution is 2.26. The number of likely N-dealkylation sites (tertiary alicyclic amines) is 2. The third-order valence-corrected chi connectivity index (χ3v) is 5.76. The molecule has 2 atom stereocenters. The lowest BCUT2D eigenvalue weighted by molar-refractivity contribution is -0.154. The number of nitrogens with zero attached hydrogens (tertiary/aromatic N) is 2. The van der Waals surface area contributed by atoms with Crippen molar-refractivity contribution in [2.45, 2.75) is 43.5 Å². The third kappa shape index (κ3) is 4.75. The molecule has 0 aliphatic carbocycles. The summed E-state index contributed by atoms with van der Waals surface area (Å²) in [5.41, 5.74) is -0.333.